The van der Waals surface area contributed by atoms with Crippen molar-refractivity contribution in [2.75, 3.05) is 0 Å². The van der Waals surface area contributed by atoms with E-state index in [9.17, 15) is 4.79 Å². The molecule has 4 nitrogen and oxygen atoms in total. The zero-order chi connectivity index (χ0) is 11.4. The summed E-state index contributed by atoms with van der Waals surface area (Å²) in [5.74, 6) is 0. The van der Waals surface area contributed by atoms with Crippen molar-refractivity contribution in [1.82, 2.24) is 15.5 Å². The highest BCUT2D eigenvalue weighted by atomic mass is 35.5. The van der Waals surface area contributed by atoms with Crippen molar-refractivity contribution in [3.63, 3.8) is 0 Å². The molecule has 3 N–H and O–H groups in total. The van der Waals surface area contributed by atoms with Gasteiger partial charge in [0.05, 0.1) is 5.69 Å². The van der Waals surface area contributed by atoms with E-state index in [0.717, 1.165) is 22.8 Å². The summed E-state index contributed by atoms with van der Waals surface area (Å²) in [4.78, 5) is 10.8. The second-order valence-electron chi connectivity index (χ2n) is 3.51. The number of H-pyrrole nitrogens is 2. The van der Waals surface area contributed by atoms with Crippen LogP contribution in [-0.4, -0.2) is 10.2 Å². The Balaban J connectivity index is 1.84. The van der Waals surface area contributed by atoms with E-state index in [2.05, 4.69) is 15.5 Å². The SMILES string of the molecule is O=c1cc(CNCc2ccc(Cl)cc2)[nH][nH]1. The Morgan fingerprint density at radius 1 is 1.12 bits per heavy atom. The molecule has 0 saturated heterocycles. The Morgan fingerprint density at radius 3 is 2.50 bits per heavy atom. The zero-order valence-electron chi connectivity index (χ0n) is 8.59. The molecule has 2 aromatic rings. The van der Waals surface area contributed by atoms with Crippen molar-refractivity contribution in [2.45, 2.75) is 13.1 Å². The highest BCUT2D eigenvalue weighted by Gasteiger charge is 1.96. The van der Waals surface area contributed by atoms with Crippen LogP contribution in [0, 0.1) is 0 Å². The molecule has 16 heavy (non-hydrogen) atoms. The molecule has 0 amide bonds. The summed E-state index contributed by atoms with van der Waals surface area (Å²) >= 11 is 5.78. The maximum Gasteiger partial charge on any atom is 0.264 e. The number of halogens is 1. The molecule has 0 atom stereocenters. The number of hydrogen-bond acceptors (Lipinski definition) is 2. The molecule has 1 heterocycles. The molecule has 0 aliphatic rings. The van der Waals surface area contributed by atoms with Gasteiger partial charge in [0.25, 0.3) is 5.56 Å². The molecule has 0 fully saturated rings. The van der Waals surface area contributed by atoms with Gasteiger partial charge in [0.15, 0.2) is 0 Å². The van der Waals surface area contributed by atoms with Crippen LogP contribution >= 0.6 is 11.6 Å². The summed E-state index contributed by atoms with van der Waals surface area (Å²) in [6.45, 7) is 1.37. The van der Waals surface area contributed by atoms with Gasteiger partial charge in [0.1, 0.15) is 0 Å². The minimum atomic E-state index is -0.108. The average molecular weight is 238 g/mol. The molecular formula is C11H12ClN3O. The first kappa shape index (κ1) is 11.0. The molecule has 0 spiro atoms. The zero-order valence-corrected chi connectivity index (χ0v) is 9.34. The molecule has 0 unspecified atom stereocenters. The van der Waals surface area contributed by atoms with Gasteiger partial charge >= 0.3 is 0 Å². The summed E-state index contributed by atoms with van der Waals surface area (Å²) in [6, 6.07) is 9.19. The molecular weight excluding hydrogens is 226 g/mol. The fourth-order valence-corrected chi connectivity index (χ4v) is 1.54. The van der Waals surface area contributed by atoms with Crippen LogP contribution in [0.5, 0.6) is 0 Å². The van der Waals surface area contributed by atoms with Gasteiger partial charge in [-0.25, -0.2) is 0 Å². The lowest BCUT2D eigenvalue weighted by molar-refractivity contribution is 0.677. The van der Waals surface area contributed by atoms with E-state index >= 15 is 0 Å². The normalized spacial score (nSPS) is 10.6. The largest absolute Gasteiger partial charge is 0.307 e. The number of nitrogens with one attached hydrogen (secondary N) is 3. The predicted molar refractivity (Wildman–Crippen MR) is 63.4 cm³/mol. The van der Waals surface area contributed by atoms with Gasteiger partial charge in [-0.3, -0.25) is 9.89 Å². The van der Waals surface area contributed by atoms with Gasteiger partial charge < -0.3 is 10.4 Å². The van der Waals surface area contributed by atoms with Crippen LogP contribution in [0.2, 0.25) is 5.02 Å². The lowest BCUT2D eigenvalue weighted by atomic mass is 10.2. The first-order valence-corrected chi connectivity index (χ1v) is 5.33. The molecule has 0 radical (unpaired) electrons. The van der Waals surface area contributed by atoms with Crippen LogP contribution in [0.4, 0.5) is 0 Å². The maximum atomic E-state index is 10.8. The highest BCUT2D eigenvalue weighted by Crippen LogP contribution is 2.09. The Morgan fingerprint density at radius 2 is 1.88 bits per heavy atom. The van der Waals surface area contributed by atoms with Gasteiger partial charge in [-0.05, 0) is 17.7 Å². The van der Waals surface area contributed by atoms with E-state index in [1.165, 1.54) is 6.07 Å². The third-order valence-corrected chi connectivity index (χ3v) is 2.46. The Kier molecular flexibility index (Phi) is 3.44. The molecule has 5 heteroatoms. The van der Waals surface area contributed by atoms with Crippen molar-refractivity contribution in [2.24, 2.45) is 0 Å². The minimum Gasteiger partial charge on any atom is -0.307 e. The number of benzene rings is 1. The lowest BCUT2D eigenvalue weighted by Gasteiger charge is -2.03. The van der Waals surface area contributed by atoms with Crippen molar-refractivity contribution < 1.29 is 0 Å². The van der Waals surface area contributed by atoms with Crippen LogP contribution < -0.4 is 10.9 Å². The molecule has 1 aromatic carbocycles. The Labute approximate surface area is 97.6 Å². The smallest absolute Gasteiger partial charge is 0.264 e. The van der Waals surface area contributed by atoms with E-state index in [0.29, 0.717) is 6.54 Å². The molecule has 1 aromatic heterocycles. The molecule has 0 aliphatic carbocycles. The summed E-state index contributed by atoms with van der Waals surface area (Å²) in [6.07, 6.45) is 0. The number of hydrogen-bond donors (Lipinski definition) is 3. The minimum absolute atomic E-state index is 0.108. The van der Waals surface area contributed by atoms with Gasteiger partial charge in [-0.15, -0.1) is 0 Å². The highest BCUT2D eigenvalue weighted by molar-refractivity contribution is 6.30. The number of aromatic amines is 2. The van der Waals surface area contributed by atoms with E-state index < -0.39 is 0 Å². The maximum absolute atomic E-state index is 10.8. The van der Waals surface area contributed by atoms with Gasteiger partial charge in [-0.2, -0.15) is 0 Å². The van der Waals surface area contributed by atoms with Gasteiger partial charge in [-0.1, -0.05) is 23.7 Å². The lowest BCUT2D eigenvalue weighted by Crippen LogP contribution is -2.12. The first-order chi connectivity index (χ1) is 7.74. The molecule has 0 saturated carbocycles. The predicted octanol–water partition coefficient (Wildman–Crippen LogP) is 1.65. The van der Waals surface area contributed by atoms with E-state index in [1.807, 2.05) is 24.3 Å². The third-order valence-electron chi connectivity index (χ3n) is 2.21. The monoisotopic (exact) mass is 237 g/mol. The fraction of sp³-hybridized carbons (Fsp3) is 0.182. The topological polar surface area (TPSA) is 60.7 Å². The first-order valence-electron chi connectivity index (χ1n) is 4.96. The van der Waals surface area contributed by atoms with Crippen LogP contribution in [0.25, 0.3) is 0 Å². The Bertz CT molecular complexity index is 500. The van der Waals surface area contributed by atoms with Crippen molar-refractivity contribution in [3.05, 3.63) is 57.0 Å². The standard InChI is InChI=1S/C11H12ClN3O/c12-9-3-1-8(2-4-9)6-13-7-10-5-11(16)15-14-10/h1-5,13H,6-7H2,(H2,14,15,16). The second-order valence-corrected chi connectivity index (χ2v) is 3.95. The number of rotatable bonds is 4. The van der Waals surface area contributed by atoms with Gasteiger partial charge in [0, 0.05) is 24.2 Å². The second kappa shape index (κ2) is 5.01. The summed E-state index contributed by atoms with van der Waals surface area (Å²) < 4.78 is 0. The van der Waals surface area contributed by atoms with Crippen LogP contribution in [0.3, 0.4) is 0 Å². The summed E-state index contributed by atoms with van der Waals surface area (Å²) in [5, 5.41) is 9.22. The quantitative estimate of drug-likeness (QED) is 0.757. The van der Waals surface area contributed by atoms with Gasteiger partial charge in [0.2, 0.25) is 0 Å². The molecule has 84 valence electrons. The van der Waals surface area contributed by atoms with Crippen molar-refractivity contribution in [1.29, 1.82) is 0 Å². The van der Waals surface area contributed by atoms with Crippen molar-refractivity contribution >= 4 is 11.6 Å². The van der Waals surface area contributed by atoms with E-state index in [1.54, 1.807) is 0 Å². The molecule has 2 rings (SSSR count). The van der Waals surface area contributed by atoms with E-state index in [-0.39, 0.29) is 5.56 Å². The molecule has 0 bridgehead atoms. The molecule has 0 aliphatic heterocycles. The fourth-order valence-electron chi connectivity index (χ4n) is 1.41. The third kappa shape index (κ3) is 2.98. The summed E-state index contributed by atoms with van der Waals surface area (Å²) in [5.41, 5.74) is 1.89. The Hall–Kier alpha value is -1.52. The number of aromatic nitrogens is 2. The summed E-state index contributed by atoms with van der Waals surface area (Å²) in [7, 11) is 0. The van der Waals surface area contributed by atoms with Crippen LogP contribution in [0.1, 0.15) is 11.3 Å². The van der Waals surface area contributed by atoms with Crippen LogP contribution in [-0.2, 0) is 13.1 Å². The van der Waals surface area contributed by atoms with Crippen molar-refractivity contribution in [3.8, 4) is 0 Å². The average Bonchev–Trinajstić information content (AvgIpc) is 2.67. The van der Waals surface area contributed by atoms with E-state index in [4.69, 9.17) is 11.6 Å². The van der Waals surface area contributed by atoms with Crippen LogP contribution in [0.15, 0.2) is 35.1 Å².